The minimum Gasteiger partial charge on any atom is -0.454 e. The number of rotatable bonds is 53. The summed E-state index contributed by atoms with van der Waals surface area (Å²) in [5.41, 5.74) is 0. The van der Waals surface area contributed by atoms with Crippen molar-refractivity contribution >= 4 is 11.9 Å². The second kappa shape index (κ2) is 50.9. The van der Waals surface area contributed by atoms with Crippen LogP contribution in [-0.4, -0.2) is 99.6 Å². The Kier molecular flexibility index (Phi) is 48.2. The van der Waals surface area contributed by atoms with E-state index in [9.17, 15) is 35.1 Å². The lowest BCUT2D eigenvalue weighted by Gasteiger charge is -2.41. The van der Waals surface area contributed by atoms with E-state index in [1.807, 2.05) is 6.08 Å². The van der Waals surface area contributed by atoms with Crippen molar-refractivity contribution in [2.75, 3.05) is 13.2 Å². The molecule has 6 N–H and O–H groups in total. The van der Waals surface area contributed by atoms with Crippen LogP contribution in [0.1, 0.15) is 297 Å². The summed E-state index contributed by atoms with van der Waals surface area (Å²) in [5, 5.41) is 56.9. The van der Waals surface area contributed by atoms with Crippen molar-refractivity contribution in [3.8, 4) is 0 Å². The Bertz CT molecular complexity index is 1280. The van der Waals surface area contributed by atoms with Gasteiger partial charge in [0.25, 0.3) is 0 Å². The molecule has 1 rings (SSSR count). The average molecular weight is 1040 g/mol. The van der Waals surface area contributed by atoms with Crippen molar-refractivity contribution in [1.29, 1.82) is 0 Å². The average Bonchev–Trinajstić information content (AvgIpc) is 3.39. The predicted molar refractivity (Wildman–Crippen MR) is 301 cm³/mol. The van der Waals surface area contributed by atoms with Crippen molar-refractivity contribution in [2.45, 2.75) is 346 Å². The molecule has 0 aromatic carbocycles. The largest absolute Gasteiger partial charge is 0.454 e. The fraction of sp³-hybridized carbons (Fsp3) is 0.903. The Hall–Kier alpha value is -1.86. The van der Waals surface area contributed by atoms with Crippen LogP contribution >= 0.6 is 0 Å². The quantitative estimate of drug-likeness (QED) is 0.0195. The van der Waals surface area contributed by atoms with E-state index in [4.69, 9.17) is 14.2 Å². The van der Waals surface area contributed by atoms with Gasteiger partial charge in [-0.1, -0.05) is 263 Å². The molecule has 8 unspecified atom stereocenters. The van der Waals surface area contributed by atoms with Crippen LogP contribution in [0.5, 0.6) is 0 Å². The van der Waals surface area contributed by atoms with Crippen LogP contribution in [0, 0.1) is 0 Å². The molecule has 73 heavy (non-hydrogen) atoms. The fourth-order valence-corrected chi connectivity index (χ4v) is 9.88. The predicted octanol–water partition coefficient (Wildman–Crippen LogP) is 14.5. The maximum absolute atomic E-state index is 13.4. The van der Waals surface area contributed by atoms with Crippen LogP contribution in [-0.2, 0) is 23.8 Å². The molecule has 8 atom stereocenters. The minimum absolute atomic E-state index is 0.129. The summed E-state index contributed by atoms with van der Waals surface area (Å²) in [6, 6.07) is -1.02. The molecule has 0 spiro atoms. The third-order valence-corrected chi connectivity index (χ3v) is 14.9. The first-order chi connectivity index (χ1) is 35.7. The Labute approximate surface area is 448 Å². The molecule has 1 aliphatic rings. The van der Waals surface area contributed by atoms with Gasteiger partial charge in [-0.25, -0.2) is 0 Å². The molecule has 1 fully saturated rings. The van der Waals surface area contributed by atoms with E-state index in [1.165, 1.54) is 186 Å². The Morgan fingerprint density at radius 1 is 0.521 bits per heavy atom. The van der Waals surface area contributed by atoms with Gasteiger partial charge < -0.3 is 45.1 Å². The van der Waals surface area contributed by atoms with E-state index in [1.54, 1.807) is 6.08 Å². The molecule has 1 heterocycles. The summed E-state index contributed by atoms with van der Waals surface area (Å²) < 4.78 is 17.6. The van der Waals surface area contributed by atoms with E-state index >= 15 is 0 Å². The van der Waals surface area contributed by atoms with Gasteiger partial charge in [0.2, 0.25) is 5.91 Å². The molecule has 1 aliphatic heterocycles. The number of ether oxygens (including phenoxy) is 3. The van der Waals surface area contributed by atoms with E-state index in [-0.39, 0.29) is 13.0 Å². The Morgan fingerprint density at radius 2 is 0.904 bits per heavy atom. The highest BCUT2D eigenvalue weighted by Crippen LogP contribution is 2.26. The zero-order valence-electron chi connectivity index (χ0n) is 47.5. The molecule has 0 aromatic heterocycles. The molecular weight excluding hydrogens is 919 g/mol. The minimum atomic E-state index is -1.61. The lowest BCUT2D eigenvalue weighted by atomic mass is 9.99. The molecule has 0 bridgehead atoms. The van der Waals surface area contributed by atoms with Crippen molar-refractivity contribution < 1.29 is 49.3 Å². The SMILES string of the molecule is CCCCCCCC/C=C/CCCCCCCCCCC(O)C(=O)NC(COC1OC(CO)C(O)C(O)C1OC(=O)CCCCCCCCCCCCCCCCC)C(O)/C=C/CCCCCCCCCCC. The highest BCUT2D eigenvalue weighted by atomic mass is 16.7. The number of unbranched alkanes of at least 4 members (excludes halogenated alkanes) is 37. The summed E-state index contributed by atoms with van der Waals surface area (Å²) >= 11 is 0. The smallest absolute Gasteiger partial charge is 0.306 e. The van der Waals surface area contributed by atoms with Gasteiger partial charge in [-0.05, 0) is 51.4 Å². The van der Waals surface area contributed by atoms with E-state index in [0.717, 1.165) is 64.2 Å². The van der Waals surface area contributed by atoms with Crippen LogP contribution in [0.3, 0.4) is 0 Å². The van der Waals surface area contributed by atoms with Crippen LogP contribution in [0.25, 0.3) is 0 Å². The summed E-state index contributed by atoms with van der Waals surface area (Å²) in [6.45, 7) is 5.80. The Balaban J connectivity index is 2.66. The van der Waals surface area contributed by atoms with Crippen molar-refractivity contribution in [1.82, 2.24) is 5.32 Å². The first kappa shape index (κ1) is 69.2. The number of carbonyl (C=O) groups is 2. The summed E-state index contributed by atoms with van der Waals surface area (Å²) in [5.74, 6) is -1.18. The topological polar surface area (TPSA) is 175 Å². The molecule has 430 valence electrons. The van der Waals surface area contributed by atoms with Crippen molar-refractivity contribution in [2.24, 2.45) is 0 Å². The van der Waals surface area contributed by atoms with Crippen LogP contribution in [0.15, 0.2) is 24.3 Å². The van der Waals surface area contributed by atoms with Crippen molar-refractivity contribution in [3.63, 3.8) is 0 Å². The van der Waals surface area contributed by atoms with Gasteiger partial charge in [0.15, 0.2) is 12.4 Å². The first-order valence-electron chi connectivity index (χ1n) is 31.1. The molecule has 11 heteroatoms. The molecule has 1 saturated heterocycles. The fourth-order valence-electron chi connectivity index (χ4n) is 9.88. The summed E-state index contributed by atoms with van der Waals surface area (Å²) in [4.78, 5) is 26.5. The standard InChI is InChI=1S/C62H117NO10/c1-4-7-10-13-16-19-22-24-26-27-28-30-31-34-37-40-43-46-49-55(66)61(70)63-53(54(65)48-45-42-39-36-33-21-18-15-12-9-6-3)52-71-62-60(59(69)58(68)56(51-64)72-62)73-57(67)50-47-44-41-38-35-32-29-25-23-20-17-14-11-8-5-2/h24,26,45,48,53-56,58-60,62,64-66,68-69H,4-23,25,27-44,46-47,49-52H2,1-3H3,(H,63,70)/b26-24+,48-45+. The first-order valence-corrected chi connectivity index (χ1v) is 31.1. The number of aliphatic hydroxyl groups is 5. The second-order valence-electron chi connectivity index (χ2n) is 21.8. The normalized spacial score (nSPS) is 19.5. The number of carbonyl (C=O) groups excluding carboxylic acids is 2. The zero-order chi connectivity index (χ0) is 53.3. The van der Waals surface area contributed by atoms with E-state index in [0.29, 0.717) is 19.3 Å². The number of amides is 1. The lowest BCUT2D eigenvalue weighted by Crippen LogP contribution is -2.61. The highest BCUT2D eigenvalue weighted by molar-refractivity contribution is 5.80. The summed E-state index contributed by atoms with van der Waals surface area (Å²) in [7, 11) is 0. The van der Waals surface area contributed by atoms with Gasteiger partial charge in [-0.3, -0.25) is 9.59 Å². The van der Waals surface area contributed by atoms with Gasteiger partial charge in [-0.15, -0.1) is 0 Å². The lowest BCUT2D eigenvalue weighted by molar-refractivity contribution is -0.305. The maximum Gasteiger partial charge on any atom is 0.306 e. The number of aliphatic hydroxyl groups excluding tert-OH is 5. The number of allylic oxidation sites excluding steroid dienone is 3. The molecule has 1 amide bonds. The molecule has 0 saturated carbocycles. The molecule has 0 aliphatic carbocycles. The third kappa shape index (κ3) is 39.2. The van der Waals surface area contributed by atoms with E-state index < -0.39 is 67.4 Å². The van der Waals surface area contributed by atoms with Gasteiger partial charge in [-0.2, -0.15) is 0 Å². The number of hydrogen-bond donors (Lipinski definition) is 6. The molecule has 0 aromatic rings. The number of nitrogens with one attached hydrogen (secondary N) is 1. The van der Waals surface area contributed by atoms with Crippen LogP contribution in [0.4, 0.5) is 0 Å². The van der Waals surface area contributed by atoms with Crippen molar-refractivity contribution in [3.05, 3.63) is 24.3 Å². The molecular formula is C62H117NO10. The maximum atomic E-state index is 13.4. The van der Waals surface area contributed by atoms with Crippen LogP contribution < -0.4 is 5.32 Å². The number of esters is 1. The Morgan fingerprint density at radius 3 is 1.33 bits per heavy atom. The highest BCUT2D eigenvalue weighted by Gasteiger charge is 2.47. The molecule has 11 nitrogen and oxygen atoms in total. The third-order valence-electron chi connectivity index (χ3n) is 14.9. The summed E-state index contributed by atoms with van der Waals surface area (Å²) in [6.07, 6.45) is 47.9. The van der Waals surface area contributed by atoms with Gasteiger partial charge in [0, 0.05) is 6.42 Å². The number of hydrogen-bond acceptors (Lipinski definition) is 10. The van der Waals surface area contributed by atoms with Gasteiger partial charge in [0.05, 0.1) is 25.4 Å². The van der Waals surface area contributed by atoms with Gasteiger partial charge >= 0.3 is 5.97 Å². The van der Waals surface area contributed by atoms with Crippen LogP contribution in [0.2, 0.25) is 0 Å². The van der Waals surface area contributed by atoms with E-state index in [2.05, 4.69) is 38.2 Å². The monoisotopic (exact) mass is 1040 g/mol. The van der Waals surface area contributed by atoms with Gasteiger partial charge in [0.1, 0.15) is 24.4 Å². The zero-order valence-corrected chi connectivity index (χ0v) is 47.5. The molecule has 0 radical (unpaired) electrons. The second-order valence-corrected chi connectivity index (χ2v) is 21.8.